The molecule has 0 unspecified atom stereocenters. The average molecular weight is 280 g/mol. The zero-order chi connectivity index (χ0) is 13.1. The minimum Gasteiger partial charge on any atom is -0.211 e. The molecule has 3 nitrogen and oxygen atoms in total. The van der Waals surface area contributed by atoms with Crippen molar-refractivity contribution in [3.05, 3.63) is 29.0 Å². The standard InChI is InChI=1S/C11H15ClFNO2S/c1-8(2)5-6-14-17(15,16)9-3-4-11(13)10(12)7-9/h3-4,7-8,14H,5-6H2,1-2H3. The van der Waals surface area contributed by atoms with E-state index >= 15 is 0 Å². The molecule has 0 aliphatic heterocycles. The second-order valence-corrected chi connectivity index (χ2v) is 6.33. The van der Waals surface area contributed by atoms with Crippen molar-refractivity contribution in [2.45, 2.75) is 25.2 Å². The number of sulfonamides is 1. The average Bonchev–Trinajstić information content (AvgIpc) is 2.21. The second kappa shape index (κ2) is 5.80. The smallest absolute Gasteiger partial charge is 0.211 e. The van der Waals surface area contributed by atoms with Gasteiger partial charge in [-0.1, -0.05) is 25.4 Å². The van der Waals surface area contributed by atoms with Gasteiger partial charge in [0.15, 0.2) is 0 Å². The molecular weight excluding hydrogens is 265 g/mol. The van der Waals surface area contributed by atoms with Gasteiger partial charge in [0.05, 0.1) is 9.92 Å². The number of halogens is 2. The van der Waals surface area contributed by atoms with Crippen molar-refractivity contribution < 1.29 is 12.8 Å². The number of rotatable bonds is 5. The van der Waals surface area contributed by atoms with E-state index in [1.165, 1.54) is 6.07 Å². The molecule has 6 heteroatoms. The monoisotopic (exact) mass is 279 g/mol. The molecule has 1 N–H and O–H groups in total. The van der Waals surface area contributed by atoms with Gasteiger partial charge in [0.25, 0.3) is 0 Å². The molecule has 0 saturated carbocycles. The molecule has 0 aliphatic rings. The van der Waals surface area contributed by atoms with Crippen LogP contribution in [0.4, 0.5) is 4.39 Å². The third kappa shape index (κ3) is 4.26. The first-order chi connectivity index (χ1) is 7.83. The van der Waals surface area contributed by atoms with Crippen molar-refractivity contribution in [1.82, 2.24) is 4.72 Å². The van der Waals surface area contributed by atoms with E-state index in [1.54, 1.807) is 0 Å². The number of benzene rings is 1. The highest BCUT2D eigenvalue weighted by atomic mass is 35.5. The van der Waals surface area contributed by atoms with Crippen LogP contribution in [0.2, 0.25) is 5.02 Å². The predicted molar refractivity (Wildman–Crippen MR) is 66.1 cm³/mol. The molecule has 96 valence electrons. The molecule has 0 aromatic heterocycles. The molecule has 0 fully saturated rings. The minimum absolute atomic E-state index is 0.0207. The van der Waals surface area contributed by atoms with Crippen LogP contribution in [0.5, 0.6) is 0 Å². The van der Waals surface area contributed by atoms with Crippen LogP contribution in [-0.2, 0) is 10.0 Å². The summed E-state index contributed by atoms with van der Waals surface area (Å²) in [6, 6.07) is 3.34. The van der Waals surface area contributed by atoms with Gasteiger partial charge in [-0.15, -0.1) is 0 Å². The number of nitrogens with one attached hydrogen (secondary N) is 1. The van der Waals surface area contributed by atoms with E-state index in [0.717, 1.165) is 18.6 Å². The Hall–Kier alpha value is -0.650. The van der Waals surface area contributed by atoms with E-state index < -0.39 is 15.8 Å². The lowest BCUT2D eigenvalue weighted by Gasteiger charge is -2.08. The first-order valence-corrected chi connectivity index (χ1v) is 7.14. The summed E-state index contributed by atoms with van der Waals surface area (Å²) < 4.78 is 38.9. The van der Waals surface area contributed by atoms with Crippen molar-refractivity contribution in [3.63, 3.8) is 0 Å². The minimum atomic E-state index is -3.60. The maximum atomic E-state index is 12.9. The number of hydrogen-bond acceptors (Lipinski definition) is 2. The van der Waals surface area contributed by atoms with Gasteiger partial charge in [-0.05, 0) is 30.5 Å². The fourth-order valence-corrected chi connectivity index (χ4v) is 2.53. The Bertz CT molecular complexity index is 488. The SMILES string of the molecule is CC(C)CCNS(=O)(=O)c1ccc(F)c(Cl)c1. The molecule has 0 radical (unpaired) electrons. The van der Waals surface area contributed by atoms with Gasteiger partial charge in [-0.3, -0.25) is 0 Å². The zero-order valence-electron chi connectivity index (χ0n) is 9.70. The van der Waals surface area contributed by atoms with Crippen LogP contribution in [0.3, 0.4) is 0 Å². The van der Waals surface area contributed by atoms with Crippen molar-refractivity contribution in [1.29, 1.82) is 0 Å². The molecule has 0 spiro atoms. The Kier molecular flexibility index (Phi) is 4.91. The normalized spacial score (nSPS) is 12.1. The lowest BCUT2D eigenvalue weighted by molar-refractivity contribution is 0.551. The third-order valence-corrected chi connectivity index (χ3v) is 3.96. The molecule has 0 heterocycles. The summed E-state index contributed by atoms with van der Waals surface area (Å²) >= 11 is 5.54. The molecule has 0 amide bonds. The molecule has 0 atom stereocenters. The molecule has 17 heavy (non-hydrogen) atoms. The van der Waals surface area contributed by atoms with Crippen LogP contribution >= 0.6 is 11.6 Å². The summed E-state index contributed by atoms with van der Waals surface area (Å²) in [5, 5.41) is -0.197. The Balaban J connectivity index is 2.79. The van der Waals surface area contributed by atoms with Gasteiger partial charge in [-0.2, -0.15) is 0 Å². The van der Waals surface area contributed by atoms with Crippen LogP contribution < -0.4 is 4.72 Å². The Morgan fingerprint density at radius 2 is 2.06 bits per heavy atom. The number of hydrogen-bond donors (Lipinski definition) is 1. The fraction of sp³-hybridized carbons (Fsp3) is 0.455. The van der Waals surface area contributed by atoms with Crippen LogP contribution in [0.25, 0.3) is 0 Å². The first-order valence-electron chi connectivity index (χ1n) is 5.27. The molecule has 1 aromatic rings. The van der Waals surface area contributed by atoms with E-state index in [4.69, 9.17) is 11.6 Å². The van der Waals surface area contributed by atoms with E-state index in [2.05, 4.69) is 4.72 Å². The Labute approximate surface area is 106 Å². The highest BCUT2D eigenvalue weighted by molar-refractivity contribution is 7.89. The van der Waals surface area contributed by atoms with Gasteiger partial charge < -0.3 is 0 Å². The predicted octanol–water partition coefficient (Wildman–Crippen LogP) is 2.80. The summed E-state index contributed by atoms with van der Waals surface area (Å²) in [6.07, 6.45) is 0.744. The van der Waals surface area contributed by atoms with Gasteiger partial charge >= 0.3 is 0 Å². The van der Waals surface area contributed by atoms with E-state index in [1.807, 2.05) is 13.8 Å². The zero-order valence-corrected chi connectivity index (χ0v) is 11.3. The van der Waals surface area contributed by atoms with Crippen LogP contribution in [0.1, 0.15) is 20.3 Å². The molecule has 0 aliphatic carbocycles. The molecule has 1 aromatic carbocycles. The highest BCUT2D eigenvalue weighted by Gasteiger charge is 2.15. The van der Waals surface area contributed by atoms with E-state index in [9.17, 15) is 12.8 Å². The topological polar surface area (TPSA) is 46.2 Å². The van der Waals surface area contributed by atoms with Crippen LogP contribution in [-0.4, -0.2) is 15.0 Å². The summed E-state index contributed by atoms with van der Waals surface area (Å²) in [7, 11) is -3.60. The van der Waals surface area contributed by atoms with Crippen molar-refractivity contribution >= 4 is 21.6 Å². The van der Waals surface area contributed by atoms with Crippen molar-refractivity contribution in [3.8, 4) is 0 Å². The van der Waals surface area contributed by atoms with Crippen molar-refractivity contribution in [2.75, 3.05) is 6.54 Å². The van der Waals surface area contributed by atoms with Gasteiger partial charge in [0.1, 0.15) is 5.82 Å². The Morgan fingerprint density at radius 3 is 2.59 bits per heavy atom. The van der Waals surface area contributed by atoms with E-state index in [-0.39, 0.29) is 9.92 Å². The lowest BCUT2D eigenvalue weighted by Crippen LogP contribution is -2.25. The second-order valence-electron chi connectivity index (χ2n) is 4.16. The fourth-order valence-electron chi connectivity index (χ4n) is 1.21. The summed E-state index contributed by atoms with van der Waals surface area (Å²) in [4.78, 5) is -0.0207. The highest BCUT2D eigenvalue weighted by Crippen LogP contribution is 2.19. The maximum absolute atomic E-state index is 12.9. The van der Waals surface area contributed by atoms with Gasteiger partial charge in [0, 0.05) is 6.54 Å². The molecule has 1 rings (SSSR count). The van der Waals surface area contributed by atoms with E-state index in [0.29, 0.717) is 12.5 Å². The van der Waals surface area contributed by atoms with Crippen LogP contribution in [0, 0.1) is 11.7 Å². The van der Waals surface area contributed by atoms with Crippen molar-refractivity contribution in [2.24, 2.45) is 5.92 Å². The molecule has 0 saturated heterocycles. The van der Waals surface area contributed by atoms with Gasteiger partial charge in [0.2, 0.25) is 10.0 Å². The quantitative estimate of drug-likeness (QED) is 0.901. The summed E-state index contributed by atoms with van der Waals surface area (Å²) in [6.45, 7) is 4.36. The first kappa shape index (κ1) is 14.4. The molecular formula is C11H15ClFNO2S. The third-order valence-electron chi connectivity index (χ3n) is 2.22. The van der Waals surface area contributed by atoms with Crippen LogP contribution in [0.15, 0.2) is 23.1 Å². The largest absolute Gasteiger partial charge is 0.240 e. The lowest BCUT2D eigenvalue weighted by atomic mass is 10.1. The van der Waals surface area contributed by atoms with Gasteiger partial charge in [-0.25, -0.2) is 17.5 Å². The summed E-state index contributed by atoms with van der Waals surface area (Å²) in [5.41, 5.74) is 0. The maximum Gasteiger partial charge on any atom is 0.240 e. The summed E-state index contributed by atoms with van der Waals surface area (Å²) in [5.74, 6) is -0.220. The Morgan fingerprint density at radius 1 is 1.41 bits per heavy atom. The molecule has 0 bridgehead atoms.